The van der Waals surface area contributed by atoms with E-state index in [9.17, 15) is 4.39 Å². The second kappa shape index (κ2) is 8.14. The van der Waals surface area contributed by atoms with E-state index in [2.05, 4.69) is 35.0 Å². The van der Waals surface area contributed by atoms with Gasteiger partial charge in [0.1, 0.15) is 23.0 Å². The number of anilines is 1. The molecule has 5 aromatic heterocycles. The number of aromatic amines is 2. The van der Waals surface area contributed by atoms with Gasteiger partial charge in [-0.15, -0.1) is 0 Å². The van der Waals surface area contributed by atoms with E-state index in [-0.39, 0.29) is 11.9 Å². The number of fused-ring (bicyclic) bond motifs is 2. The van der Waals surface area contributed by atoms with E-state index in [1.54, 1.807) is 24.8 Å². The number of nitrogens with one attached hydrogen (secondary N) is 2. The second-order valence-corrected chi connectivity index (χ2v) is 9.27. The van der Waals surface area contributed by atoms with Gasteiger partial charge in [0.05, 0.1) is 35.3 Å². The van der Waals surface area contributed by atoms with Gasteiger partial charge >= 0.3 is 0 Å². The zero-order valence-corrected chi connectivity index (χ0v) is 19.8. The number of benzene rings is 1. The molecule has 0 atom stereocenters. The molecular weight excluding hydrogens is 471 g/mol. The predicted octanol–water partition coefficient (Wildman–Crippen LogP) is 3.62. The fraction of sp³-hybridized carbons (Fsp3) is 0.154. The van der Waals surface area contributed by atoms with Crippen LogP contribution in [0.15, 0.2) is 55.1 Å². The average molecular weight is 493 g/mol. The fourth-order valence-corrected chi connectivity index (χ4v) is 4.72. The van der Waals surface area contributed by atoms with Crippen LogP contribution in [0.3, 0.4) is 0 Å². The zero-order chi connectivity index (χ0) is 25.1. The van der Waals surface area contributed by atoms with Gasteiger partial charge in [0.2, 0.25) is 0 Å². The van der Waals surface area contributed by atoms with Crippen LogP contribution in [-0.2, 0) is 0 Å². The van der Waals surface area contributed by atoms with E-state index >= 15 is 0 Å². The summed E-state index contributed by atoms with van der Waals surface area (Å²) in [5.41, 5.74) is 12.2. The van der Waals surface area contributed by atoms with Crippen LogP contribution in [0.5, 0.6) is 0 Å². The van der Waals surface area contributed by atoms with E-state index in [0.717, 1.165) is 46.5 Å². The number of nitrogens with zero attached hydrogens (tertiary/aromatic N) is 7. The highest BCUT2D eigenvalue weighted by Crippen LogP contribution is 2.32. The van der Waals surface area contributed by atoms with Crippen LogP contribution in [0.2, 0.25) is 0 Å². The molecule has 182 valence electrons. The summed E-state index contributed by atoms with van der Waals surface area (Å²) >= 11 is 0. The van der Waals surface area contributed by atoms with Crippen molar-refractivity contribution in [1.82, 2.24) is 40.1 Å². The summed E-state index contributed by atoms with van der Waals surface area (Å²) in [7, 11) is 0. The molecule has 37 heavy (non-hydrogen) atoms. The summed E-state index contributed by atoms with van der Waals surface area (Å²) < 4.78 is 14.1. The first-order valence-corrected chi connectivity index (χ1v) is 11.8. The van der Waals surface area contributed by atoms with Gasteiger partial charge in [-0.05, 0) is 42.3 Å². The Labute approximate surface area is 209 Å². The molecule has 0 unspecified atom stereocenters. The van der Waals surface area contributed by atoms with Crippen molar-refractivity contribution in [3.8, 4) is 34.0 Å². The molecule has 1 saturated heterocycles. The van der Waals surface area contributed by atoms with Gasteiger partial charge in [0.25, 0.3) is 0 Å². The molecule has 1 aromatic carbocycles. The molecular formula is C26H21FN10. The molecule has 6 aromatic rings. The lowest BCUT2D eigenvalue weighted by molar-refractivity contribution is 0.514. The van der Waals surface area contributed by atoms with Crippen LogP contribution < -0.4 is 10.6 Å². The van der Waals surface area contributed by atoms with Crippen LogP contribution >= 0.6 is 0 Å². The van der Waals surface area contributed by atoms with Crippen molar-refractivity contribution in [2.45, 2.75) is 13.0 Å². The lowest BCUT2D eigenvalue weighted by Crippen LogP contribution is -2.56. The summed E-state index contributed by atoms with van der Waals surface area (Å²) in [4.78, 5) is 28.2. The molecule has 0 spiro atoms. The van der Waals surface area contributed by atoms with Crippen molar-refractivity contribution >= 4 is 27.9 Å². The maximum absolute atomic E-state index is 14.1. The summed E-state index contributed by atoms with van der Waals surface area (Å²) in [6.45, 7) is 3.38. The number of imidazole rings is 1. The Morgan fingerprint density at radius 1 is 1.03 bits per heavy atom. The average Bonchev–Trinajstić information content (AvgIpc) is 3.49. The maximum atomic E-state index is 14.1. The normalized spacial score (nSPS) is 14.0. The Morgan fingerprint density at radius 2 is 1.92 bits per heavy atom. The van der Waals surface area contributed by atoms with Crippen molar-refractivity contribution in [2.75, 3.05) is 18.0 Å². The molecule has 0 aliphatic carbocycles. The first-order chi connectivity index (χ1) is 18.0. The Morgan fingerprint density at radius 3 is 2.76 bits per heavy atom. The number of hydrogen-bond donors (Lipinski definition) is 3. The molecule has 11 heteroatoms. The van der Waals surface area contributed by atoms with Gasteiger partial charge in [-0.1, -0.05) is 6.07 Å². The standard InChI is InChI=1S/C26H21FN10/c1-13-4-14(6-15(27)5-13)17-2-3-30-25-23(17)33-26(34-25)24-18-7-19(31-9-20(18)35-36-24)21-8-29-10-22(32-21)37-11-16(28)12-37/h2-10,16H,11-12,28H2,1H3,(H,35,36)(H,30,33,34). The largest absolute Gasteiger partial charge is 0.352 e. The van der Waals surface area contributed by atoms with Crippen molar-refractivity contribution in [2.24, 2.45) is 5.73 Å². The minimum atomic E-state index is -0.290. The van der Waals surface area contributed by atoms with Gasteiger partial charge in [-0.2, -0.15) is 5.10 Å². The highest BCUT2D eigenvalue weighted by Gasteiger charge is 2.25. The molecule has 0 saturated carbocycles. The molecule has 0 radical (unpaired) electrons. The van der Waals surface area contributed by atoms with Crippen molar-refractivity contribution < 1.29 is 4.39 Å². The number of pyridine rings is 2. The second-order valence-electron chi connectivity index (χ2n) is 9.27. The fourth-order valence-electron chi connectivity index (χ4n) is 4.72. The lowest BCUT2D eigenvalue weighted by Gasteiger charge is -2.37. The highest BCUT2D eigenvalue weighted by molar-refractivity contribution is 5.96. The SMILES string of the molecule is Cc1cc(F)cc(-c2ccnc3nc(-c4n[nH]c5cnc(-c6cncc(N7CC(N)C7)n6)cc45)[nH]c23)c1. The van der Waals surface area contributed by atoms with Crippen molar-refractivity contribution in [3.63, 3.8) is 0 Å². The van der Waals surface area contributed by atoms with Crippen molar-refractivity contribution in [3.05, 3.63) is 66.5 Å². The van der Waals surface area contributed by atoms with Crippen LogP contribution in [0.4, 0.5) is 10.2 Å². The van der Waals surface area contributed by atoms with E-state index in [4.69, 9.17) is 15.7 Å². The van der Waals surface area contributed by atoms with Gasteiger partial charge in [0.15, 0.2) is 11.5 Å². The highest BCUT2D eigenvalue weighted by atomic mass is 19.1. The van der Waals surface area contributed by atoms with E-state index in [1.165, 1.54) is 12.1 Å². The van der Waals surface area contributed by atoms with E-state index in [0.29, 0.717) is 34.1 Å². The Balaban J connectivity index is 1.31. The third-order valence-electron chi connectivity index (χ3n) is 6.53. The van der Waals surface area contributed by atoms with E-state index in [1.807, 2.05) is 25.1 Å². The summed E-state index contributed by atoms with van der Waals surface area (Å²) in [5, 5.41) is 8.35. The summed E-state index contributed by atoms with van der Waals surface area (Å²) in [6, 6.07) is 8.87. The molecule has 1 aliphatic heterocycles. The van der Waals surface area contributed by atoms with Gasteiger partial charge in [-0.3, -0.25) is 15.1 Å². The van der Waals surface area contributed by atoms with Crippen LogP contribution in [0.1, 0.15) is 5.56 Å². The number of aryl methyl sites for hydroxylation is 1. The Kier molecular flexibility index (Phi) is 4.73. The topological polar surface area (TPSA) is 138 Å². The smallest absolute Gasteiger partial charge is 0.178 e. The zero-order valence-electron chi connectivity index (χ0n) is 19.8. The van der Waals surface area contributed by atoms with Crippen molar-refractivity contribution in [1.29, 1.82) is 0 Å². The lowest BCUT2D eigenvalue weighted by atomic mass is 10.0. The molecule has 1 fully saturated rings. The minimum absolute atomic E-state index is 0.164. The predicted molar refractivity (Wildman–Crippen MR) is 138 cm³/mol. The van der Waals surface area contributed by atoms with Gasteiger partial charge < -0.3 is 15.6 Å². The van der Waals surface area contributed by atoms with E-state index < -0.39 is 0 Å². The molecule has 0 amide bonds. The Hall–Kier alpha value is -4.77. The Bertz CT molecular complexity index is 1780. The number of nitrogens with two attached hydrogens (primary N) is 1. The number of halogens is 1. The number of H-pyrrole nitrogens is 2. The van der Waals surface area contributed by atoms with Crippen LogP contribution in [0.25, 0.3) is 56.1 Å². The quantitative estimate of drug-likeness (QED) is 0.339. The van der Waals surface area contributed by atoms with Gasteiger partial charge in [0, 0.05) is 36.3 Å². The number of rotatable bonds is 4. The molecule has 10 nitrogen and oxygen atoms in total. The third kappa shape index (κ3) is 3.67. The first kappa shape index (κ1) is 21.5. The van der Waals surface area contributed by atoms with Crippen LogP contribution in [-0.4, -0.2) is 59.2 Å². The molecule has 4 N–H and O–H groups in total. The molecule has 7 rings (SSSR count). The third-order valence-corrected chi connectivity index (χ3v) is 6.53. The molecule has 1 aliphatic rings. The number of hydrogen-bond acceptors (Lipinski definition) is 8. The van der Waals surface area contributed by atoms with Crippen LogP contribution in [0, 0.1) is 12.7 Å². The first-order valence-electron chi connectivity index (χ1n) is 11.8. The number of aromatic nitrogens is 8. The maximum Gasteiger partial charge on any atom is 0.178 e. The molecule has 0 bridgehead atoms. The molecule has 6 heterocycles. The monoisotopic (exact) mass is 492 g/mol. The summed E-state index contributed by atoms with van der Waals surface area (Å²) in [5.74, 6) is 1.03. The summed E-state index contributed by atoms with van der Waals surface area (Å²) in [6.07, 6.45) is 6.81. The van der Waals surface area contributed by atoms with Gasteiger partial charge in [-0.25, -0.2) is 19.3 Å². The minimum Gasteiger partial charge on any atom is -0.352 e.